The van der Waals surface area contributed by atoms with Gasteiger partial charge >= 0.3 is 0 Å². The van der Waals surface area contributed by atoms with E-state index in [1.165, 1.54) is 0 Å². The van der Waals surface area contributed by atoms with Crippen molar-refractivity contribution in [3.05, 3.63) is 11.7 Å². The summed E-state index contributed by atoms with van der Waals surface area (Å²) < 4.78 is 4.69. The SMILES string of the molecule is CNC(=O)Cc1noc(CN)n1. The Hall–Kier alpha value is -1.43. The highest BCUT2D eigenvalue weighted by molar-refractivity contribution is 5.77. The molecule has 0 spiro atoms. The van der Waals surface area contributed by atoms with Gasteiger partial charge in [0.25, 0.3) is 0 Å². The molecule has 0 unspecified atom stereocenters. The number of hydrogen-bond acceptors (Lipinski definition) is 5. The molecule has 0 radical (unpaired) electrons. The third-order valence-corrected chi connectivity index (χ3v) is 1.28. The molecule has 0 aliphatic rings. The molecule has 12 heavy (non-hydrogen) atoms. The highest BCUT2D eigenvalue weighted by Gasteiger charge is 2.07. The van der Waals surface area contributed by atoms with Crippen LogP contribution in [0.15, 0.2) is 4.52 Å². The van der Waals surface area contributed by atoms with Gasteiger partial charge in [-0.3, -0.25) is 4.79 Å². The minimum absolute atomic E-state index is 0.125. The van der Waals surface area contributed by atoms with Gasteiger partial charge in [0.1, 0.15) is 0 Å². The van der Waals surface area contributed by atoms with E-state index in [9.17, 15) is 4.79 Å². The molecule has 0 saturated carbocycles. The first kappa shape index (κ1) is 8.66. The first-order chi connectivity index (χ1) is 5.76. The second-order valence-electron chi connectivity index (χ2n) is 2.16. The first-order valence-corrected chi connectivity index (χ1v) is 3.48. The Bertz CT molecular complexity index is 270. The fraction of sp³-hybridized carbons (Fsp3) is 0.500. The molecule has 0 fully saturated rings. The van der Waals surface area contributed by atoms with Crippen molar-refractivity contribution in [3.8, 4) is 0 Å². The van der Waals surface area contributed by atoms with Gasteiger partial charge in [0.2, 0.25) is 11.8 Å². The Balaban J connectivity index is 2.58. The molecule has 0 aliphatic heterocycles. The predicted octanol–water partition coefficient (Wildman–Crippen LogP) is -1.18. The molecule has 0 aliphatic carbocycles. The average Bonchev–Trinajstić information content (AvgIpc) is 2.52. The lowest BCUT2D eigenvalue weighted by Crippen LogP contribution is -2.20. The Morgan fingerprint density at radius 2 is 2.50 bits per heavy atom. The maximum Gasteiger partial charge on any atom is 0.240 e. The van der Waals surface area contributed by atoms with E-state index in [0.29, 0.717) is 11.7 Å². The van der Waals surface area contributed by atoms with Gasteiger partial charge in [-0.05, 0) is 0 Å². The quantitative estimate of drug-likeness (QED) is 0.595. The van der Waals surface area contributed by atoms with Crippen molar-refractivity contribution in [1.82, 2.24) is 15.5 Å². The van der Waals surface area contributed by atoms with Crippen LogP contribution in [0, 0.1) is 0 Å². The predicted molar refractivity (Wildman–Crippen MR) is 40.0 cm³/mol. The zero-order valence-corrected chi connectivity index (χ0v) is 6.70. The normalized spacial score (nSPS) is 9.83. The second kappa shape index (κ2) is 3.82. The Morgan fingerprint density at radius 3 is 3.00 bits per heavy atom. The fourth-order valence-corrected chi connectivity index (χ4v) is 0.677. The van der Waals surface area contributed by atoms with E-state index in [0.717, 1.165) is 0 Å². The second-order valence-corrected chi connectivity index (χ2v) is 2.16. The molecule has 1 rings (SSSR count). The summed E-state index contributed by atoms with van der Waals surface area (Å²) in [5.74, 6) is 0.545. The van der Waals surface area contributed by atoms with Crippen molar-refractivity contribution in [2.75, 3.05) is 7.05 Å². The van der Waals surface area contributed by atoms with Crippen LogP contribution in [0.2, 0.25) is 0 Å². The largest absolute Gasteiger partial charge is 0.359 e. The number of carbonyl (C=O) groups is 1. The third kappa shape index (κ3) is 2.03. The van der Waals surface area contributed by atoms with Crippen LogP contribution in [0.25, 0.3) is 0 Å². The molecule has 1 heterocycles. The minimum Gasteiger partial charge on any atom is -0.359 e. The van der Waals surface area contributed by atoms with Gasteiger partial charge in [-0.1, -0.05) is 5.16 Å². The van der Waals surface area contributed by atoms with Gasteiger partial charge in [-0.15, -0.1) is 0 Å². The molecule has 0 atom stereocenters. The summed E-state index contributed by atoms with van der Waals surface area (Å²) in [6, 6.07) is 0. The van der Waals surface area contributed by atoms with Gasteiger partial charge in [-0.25, -0.2) is 0 Å². The number of nitrogens with two attached hydrogens (primary N) is 1. The molecule has 66 valence electrons. The van der Waals surface area contributed by atoms with Gasteiger partial charge in [0, 0.05) is 7.05 Å². The van der Waals surface area contributed by atoms with Crippen molar-refractivity contribution in [1.29, 1.82) is 0 Å². The van der Waals surface area contributed by atoms with E-state index < -0.39 is 0 Å². The fourth-order valence-electron chi connectivity index (χ4n) is 0.677. The number of aromatic nitrogens is 2. The van der Waals surface area contributed by atoms with Crippen LogP contribution in [0.5, 0.6) is 0 Å². The highest BCUT2D eigenvalue weighted by Crippen LogP contribution is 1.96. The van der Waals surface area contributed by atoms with Crippen LogP contribution >= 0.6 is 0 Å². The molecule has 1 aromatic heterocycles. The van der Waals surface area contributed by atoms with E-state index in [-0.39, 0.29) is 18.9 Å². The van der Waals surface area contributed by atoms with Crippen LogP contribution in [-0.4, -0.2) is 23.1 Å². The van der Waals surface area contributed by atoms with Crippen LogP contribution in [0.3, 0.4) is 0 Å². The van der Waals surface area contributed by atoms with Crippen molar-refractivity contribution >= 4 is 5.91 Å². The number of carbonyl (C=O) groups excluding carboxylic acids is 1. The van der Waals surface area contributed by atoms with E-state index in [1.54, 1.807) is 7.05 Å². The standard InChI is InChI=1S/C6H10N4O2/c1-8-5(11)2-4-9-6(3-7)12-10-4/h2-3,7H2,1H3,(H,8,11). The van der Waals surface area contributed by atoms with Gasteiger partial charge in [0.05, 0.1) is 13.0 Å². The van der Waals surface area contributed by atoms with E-state index >= 15 is 0 Å². The van der Waals surface area contributed by atoms with Crippen molar-refractivity contribution in [2.24, 2.45) is 5.73 Å². The van der Waals surface area contributed by atoms with Gasteiger partial charge in [-0.2, -0.15) is 4.98 Å². The third-order valence-electron chi connectivity index (χ3n) is 1.28. The molecular weight excluding hydrogens is 160 g/mol. The monoisotopic (exact) mass is 170 g/mol. The Labute approximate surface area is 69.1 Å². The summed E-state index contributed by atoms with van der Waals surface area (Å²) in [5.41, 5.74) is 5.23. The molecule has 0 aromatic carbocycles. The average molecular weight is 170 g/mol. The molecule has 1 amide bonds. The summed E-state index contributed by atoms with van der Waals surface area (Å²) in [6.45, 7) is 0.195. The zero-order valence-electron chi connectivity index (χ0n) is 6.70. The Kier molecular flexibility index (Phi) is 2.76. The minimum atomic E-state index is -0.153. The lowest BCUT2D eigenvalue weighted by molar-refractivity contribution is -0.120. The summed E-state index contributed by atoms with van der Waals surface area (Å²) >= 11 is 0. The highest BCUT2D eigenvalue weighted by atomic mass is 16.5. The molecule has 0 saturated heterocycles. The summed E-state index contributed by atoms with van der Waals surface area (Å²) in [7, 11) is 1.55. The molecule has 6 nitrogen and oxygen atoms in total. The maximum absolute atomic E-state index is 10.8. The van der Waals surface area contributed by atoms with Crippen LogP contribution in [-0.2, 0) is 17.8 Å². The number of nitrogens with zero attached hydrogens (tertiary/aromatic N) is 2. The summed E-state index contributed by atoms with van der Waals surface area (Å²) in [5, 5.41) is 6.00. The zero-order chi connectivity index (χ0) is 8.97. The number of hydrogen-bond donors (Lipinski definition) is 2. The number of likely N-dealkylation sites (N-methyl/N-ethyl adjacent to an activating group) is 1. The first-order valence-electron chi connectivity index (χ1n) is 3.48. The molecule has 3 N–H and O–H groups in total. The number of nitrogens with one attached hydrogen (secondary N) is 1. The summed E-state index contributed by atoms with van der Waals surface area (Å²) in [6.07, 6.45) is 0.125. The van der Waals surface area contributed by atoms with Crippen LogP contribution in [0.4, 0.5) is 0 Å². The maximum atomic E-state index is 10.8. The topological polar surface area (TPSA) is 94.0 Å². The number of rotatable bonds is 3. The Morgan fingerprint density at radius 1 is 1.75 bits per heavy atom. The van der Waals surface area contributed by atoms with Crippen molar-refractivity contribution in [2.45, 2.75) is 13.0 Å². The van der Waals surface area contributed by atoms with Gasteiger partial charge in [0.15, 0.2) is 5.82 Å². The lowest BCUT2D eigenvalue weighted by Gasteiger charge is -1.91. The lowest BCUT2D eigenvalue weighted by atomic mass is 10.4. The molecule has 6 heteroatoms. The molecule has 0 bridgehead atoms. The van der Waals surface area contributed by atoms with Crippen LogP contribution < -0.4 is 11.1 Å². The van der Waals surface area contributed by atoms with Gasteiger partial charge < -0.3 is 15.6 Å². The molecular formula is C6H10N4O2. The van der Waals surface area contributed by atoms with Crippen molar-refractivity contribution in [3.63, 3.8) is 0 Å². The summed E-state index contributed by atoms with van der Waals surface area (Å²) in [4.78, 5) is 14.7. The van der Waals surface area contributed by atoms with E-state index in [2.05, 4.69) is 15.5 Å². The number of amides is 1. The van der Waals surface area contributed by atoms with Crippen molar-refractivity contribution < 1.29 is 9.32 Å². The van der Waals surface area contributed by atoms with E-state index in [1.807, 2.05) is 0 Å². The van der Waals surface area contributed by atoms with Crippen LogP contribution in [0.1, 0.15) is 11.7 Å². The smallest absolute Gasteiger partial charge is 0.240 e. The van der Waals surface area contributed by atoms with E-state index in [4.69, 9.17) is 10.3 Å². The molecule has 1 aromatic rings.